The van der Waals surface area contributed by atoms with Crippen molar-refractivity contribution in [3.8, 4) is 0 Å². The molecule has 0 aliphatic carbocycles. The van der Waals surface area contributed by atoms with Crippen molar-refractivity contribution in [3.63, 3.8) is 0 Å². The van der Waals surface area contributed by atoms with Crippen LogP contribution >= 0.6 is 0 Å². The molecule has 0 radical (unpaired) electrons. The number of aromatic carboxylic acids is 1. The van der Waals surface area contributed by atoms with Gasteiger partial charge >= 0.3 is 5.97 Å². The quantitative estimate of drug-likeness (QED) is 0.741. The third kappa shape index (κ3) is 1.48. The largest absolute Gasteiger partial charge is 0.478 e. The maximum Gasteiger partial charge on any atom is 0.338 e. The first kappa shape index (κ1) is 9.39. The molecule has 1 aromatic carbocycles. The second kappa shape index (κ2) is 3.20. The molecule has 2 N–H and O–H groups in total. The Hall–Kier alpha value is -2.17. The molecule has 15 heavy (non-hydrogen) atoms. The molecule has 1 heterocycles. The maximum atomic E-state index is 13.2. The number of pyridine rings is 1. The molecule has 0 spiro atoms. The SMILES string of the molecule is O=C(O)c1cc2cc[nH]c(=O)c2cc1F. The molecule has 0 amide bonds. The zero-order valence-electron chi connectivity index (χ0n) is 7.45. The first-order chi connectivity index (χ1) is 7.09. The van der Waals surface area contributed by atoms with E-state index in [1.54, 1.807) is 0 Å². The molecule has 76 valence electrons. The fourth-order valence-electron chi connectivity index (χ4n) is 1.37. The Balaban J connectivity index is 2.88. The van der Waals surface area contributed by atoms with Crippen LogP contribution in [-0.2, 0) is 0 Å². The lowest BCUT2D eigenvalue weighted by molar-refractivity contribution is 0.0692. The molecule has 0 fully saturated rings. The van der Waals surface area contributed by atoms with Gasteiger partial charge in [0.15, 0.2) is 0 Å². The molecule has 2 rings (SSSR count). The maximum absolute atomic E-state index is 13.2. The average Bonchev–Trinajstić information content (AvgIpc) is 2.18. The first-order valence-corrected chi connectivity index (χ1v) is 4.14. The van der Waals surface area contributed by atoms with Crippen molar-refractivity contribution in [2.45, 2.75) is 0 Å². The van der Waals surface area contributed by atoms with E-state index in [-0.39, 0.29) is 5.39 Å². The number of carboxylic acid groups (broad SMARTS) is 1. The summed E-state index contributed by atoms with van der Waals surface area (Å²) < 4.78 is 13.2. The van der Waals surface area contributed by atoms with Crippen molar-refractivity contribution < 1.29 is 14.3 Å². The van der Waals surface area contributed by atoms with Crippen molar-refractivity contribution >= 4 is 16.7 Å². The molecule has 5 heteroatoms. The Kier molecular flexibility index (Phi) is 2.00. The summed E-state index contributed by atoms with van der Waals surface area (Å²) in [5, 5.41) is 9.21. The van der Waals surface area contributed by atoms with Gasteiger partial charge < -0.3 is 10.1 Å². The number of carboxylic acids is 1. The number of hydrogen-bond acceptors (Lipinski definition) is 2. The van der Waals surface area contributed by atoms with E-state index >= 15 is 0 Å². The van der Waals surface area contributed by atoms with Crippen LogP contribution in [0.15, 0.2) is 29.2 Å². The number of benzene rings is 1. The highest BCUT2D eigenvalue weighted by Crippen LogP contribution is 2.15. The molecular weight excluding hydrogens is 201 g/mol. The summed E-state index contributed by atoms with van der Waals surface area (Å²) in [7, 11) is 0. The number of aromatic nitrogens is 1. The summed E-state index contributed by atoms with van der Waals surface area (Å²) in [6.45, 7) is 0. The summed E-state index contributed by atoms with van der Waals surface area (Å²) >= 11 is 0. The average molecular weight is 207 g/mol. The molecule has 0 saturated carbocycles. The lowest BCUT2D eigenvalue weighted by atomic mass is 10.1. The number of hydrogen-bond donors (Lipinski definition) is 2. The minimum absolute atomic E-state index is 0.139. The minimum atomic E-state index is -1.35. The van der Waals surface area contributed by atoms with Crippen LogP contribution in [0, 0.1) is 5.82 Å². The van der Waals surface area contributed by atoms with Crippen molar-refractivity contribution in [3.05, 3.63) is 46.1 Å². The van der Waals surface area contributed by atoms with Crippen molar-refractivity contribution in [2.75, 3.05) is 0 Å². The van der Waals surface area contributed by atoms with E-state index in [4.69, 9.17) is 5.11 Å². The van der Waals surface area contributed by atoms with Crippen LogP contribution < -0.4 is 5.56 Å². The number of fused-ring (bicyclic) bond motifs is 1. The van der Waals surface area contributed by atoms with Gasteiger partial charge in [-0.05, 0) is 23.6 Å². The van der Waals surface area contributed by atoms with Crippen LogP contribution in [0.5, 0.6) is 0 Å². The van der Waals surface area contributed by atoms with E-state index in [2.05, 4.69) is 4.98 Å². The highest BCUT2D eigenvalue weighted by molar-refractivity contribution is 5.94. The molecule has 0 saturated heterocycles. The Labute approximate surface area is 83.0 Å². The van der Waals surface area contributed by atoms with Crippen LogP contribution in [0.25, 0.3) is 10.8 Å². The molecule has 0 unspecified atom stereocenters. The van der Waals surface area contributed by atoms with Gasteiger partial charge in [-0.1, -0.05) is 0 Å². The van der Waals surface area contributed by atoms with Gasteiger partial charge in [0.25, 0.3) is 5.56 Å². The molecule has 0 aliphatic rings. The van der Waals surface area contributed by atoms with Gasteiger partial charge in [0.2, 0.25) is 0 Å². The Morgan fingerprint density at radius 3 is 2.80 bits per heavy atom. The summed E-state index contributed by atoms with van der Waals surface area (Å²) in [5.74, 6) is -2.26. The zero-order valence-corrected chi connectivity index (χ0v) is 7.45. The molecule has 0 bridgehead atoms. The van der Waals surface area contributed by atoms with E-state index in [9.17, 15) is 14.0 Å². The fourth-order valence-corrected chi connectivity index (χ4v) is 1.37. The van der Waals surface area contributed by atoms with Crippen LogP contribution in [0.2, 0.25) is 0 Å². The second-order valence-corrected chi connectivity index (χ2v) is 3.03. The summed E-state index contributed by atoms with van der Waals surface area (Å²) in [6.07, 6.45) is 1.38. The lowest BCUT2D eigenvalue weighted by Gasteiger charge is -2.00. The number of nitrogens with one attached hydrogen (secondary N) is 1. The summed E-state index contributed by atoms with van der Waals surface area (Å²) in [6, 6.07) is 3.59. The molecule has 0 aliphatic heterocycles. The molecule has 2 aromatic rings. The standard InChI is InChI=1S/C10H6FNO3/c11-8-4-6-5(1-2-12-9(6)13)3-7(8)10(14)15/h1-4H,(H,12,13)(H,14,15). The van der Waals surface area contributed by atoms with E-state index in [1.165, 1.54) is 12.3 Å². The minimum Gasteiger partial charge on any atom is -0.478 e. The number of H-pyrrole nitrogens is 1. The van der Waals surface area contributed by atoms with E-state index in [1.807, 2.05) is 0 Å². The number of aromatic amines is 1. The van der Waals surface area contributed by atoms with Crippen LogP contribution in [0.1, 0.15) is 10.4 Å². The fraction of sp³-hybridized carbons (Fsp3) is 0. The second-order valence-electron chi connectivity index (χ2n) is 3.03. The predicted octanol–water partition coefficient (Wildman–Crippen LogP) is 1.37. The van der Waals surface area contributed by atoms with E-state index in [0.29, 0.717) is 5.39 Å². The normalized spacial score (nSPS) is 10.5. The summed E-state index contributed by atoms with van der Waals surface area (Å²) in [5.41, 5.74) is -0.878. The van der Waals surface area contributed by atoms with Crippen LogP contribution in [0.3, 0.4) is 0 Å². The van der Waals surface area contributed by atoms with Crippen molar-refractivity contribution in [1.82, 2.24) is 4.98 Å². The van der Waals surface area contributed by atoms with Gasteiger partial charge in [-0.2, -0.15) is 0 Å². The Morgan fingerprint density at radius 2 is 2.13 bits per heavy atom. The van der Waals surface area contributed by atoms with Crippen molar-refractivity contribution in [1.29, 1.82) is 0 Å². The number of halogens is 1. The number of rotatable bonds is 1. The molecular formula is C10H6FNO3. The molecule has 4 nitrogen and oxygen atoms in total. The van der Waals surface area contributed by atoms with Gasteiger partial charge in [-0.25, -0.2) is 9.18 Å². The summed E-state index contributed by atoms with van der Waals surface area (Å²) in [4.78, 5) is 24.2. The monoisotopic (exact) mass is 207 g/mol. The molecule has 0 atom stereocenters. The number of carbonyl (C=O) groups is 1. The predicted molar refractivity (Wildman–Crippen MR) is 51.5 cm³/mol. The van der Waals surface area contributed by atoms with Gasteiger partial charge in [0.1, 0.15) is 5.82 Å². The van der Waals surface area contributed by atoms with Gasteiger partial charge in [-0.15, -0.1) is 0 Å². The highest BCUT2D eigenvalue weighted by Gasteiger charge is 2.12. The Bertz CT molecular complexity index is 603. The first-order valence-electron chi connectivity index (χ1n) is 4.14. The van der Waals surface area contributed by atoms with Crippen molar-refractivity contribution in [2.24, 2.45) is 0 Å². The highest BCUT2D eigenvalue weighted by atomic mass is 19.1. The Morgan fingerprint density at radius 1 is 1.40 bits per heavy atom. The van der Waals surface area contributed by atoms with Gasteiger partial charge in [0.05, 0.1) is 5.56 Å². The smallest absolute Gasteiger partial charge is 0.338 e. The third-order valence-electron chi connectivity index (χ3n) is 2.09. The van der Waals surface area contributed by atoms with Gasteiger partial charge in [-0.3, -0.25) is 4.79 Å². The molecule has 1 aromatic heterocycles. The van der Waals surface area contributed by atoms with E-state index < -0.39 is 22.9 Å². The van der Waals surface area contributed by atoms with Crippen LogP contribution in [0.4, 0.5) is 4.39 Å². The van der Waals surface area contributed by atoms with E-state index in [0.717, 1.165) is 12.1 Å². The lowest BCUT2D eigenvalue weighted by Crippen LogP contribution is -2.07. The zero-order chi connectivity index (χ0) is 11.0. The van der Waals surface area contributed by atoms with Crippen LogP contribution in [-0.4, -0.2) is 16.1 Å². The topological polar surface area (TPSA) is 70.2 Å². The third-order valence-corrected chi connectivity index (χ3v) is 2.09. The van der Waals surface area contributed by atoms with Gasteiger partial charge in [0, 0.05) is 11.6 Å².